The van der Waals surface area contributed by atoms with E-state index in [1.165, 1.54) is 0 Å². The molecule has 6 rings (SSSR count). The van der Waals surface area contributed by atoms with Gasteiger partial charge in [0, 0.05) is 38.0 Å². The number of carbonyl (C=O) groups excluding carboxylic acids is 3. The first-order valence-electron chi connectivity index (χ1n) is 15.5. The van der Waals surface area contributed by atoms with Crippen LogP contribution in [-0.4, -0.2) is 67.7 Å². The summed E-state index contributed by atoms with van der Waals surface area (Å²) in [5.41, 5.74) is 2.66. The predicted molar refractivity (Wildman–Crippen MR) is 175 cm³/mol. The number of methoxy groups -OCH3 is 2. The number of ether oxygens (including phenoxy) is 4. The molecule has 0 aliphatic carbocycles. The summed E-state index contributed by atoms with van der Waals surface area (Å²) >= 11 is 6.90. The van der Waals surface area contributed by atoms with Gasteiger partial charge >= 0.3 is 0 Å². The first kappa shape index (κ1) is 32.7. The number of likely N-dealkylation sites (tertiary alicyclic amines) is 1. The molecule has 0 spiro atoms. The summed E-state index contributed by atoms with van der Waals surface area (Å²) in [6.07, 6.45) is 1.02. The van der Waals surface area contributed by atoms with Crippen molar-refractivity contribution in [1.29, 1.82) is 0 Å². The molecule has 2 aliphatic heterocycles. The molecule has 2 N–H and O–H groups in total. The minimum absolute atomic E-state index is 0.0378. The maximum Gasteiger partial charge on any atom is 0.289 e. The van der Waals surface area contributed by atoms with Crippen molar-refractivity contribution in [2.24, 2.45) is 0 Å². The molecule has 13 heteroatoms. The third kappa shape index (κ3) is 7.49. The second-order valence-corrected chi connectivity index (χ2v) is 11.9. The number of hydrogen-bond acceptors (Lipinski definition) is 9. The summed E-state index contributed by atoms with van der Waals surface area (Å²) in [5.74, 6) is 1.36. The van der Waals surface area contributed by atoms with E-state index in [1.807, 2.05) is 48.5 Å². The summed E-state index contributed by atoms with van der Waals surface area (Å²) in [6, 6.07) is 19.8. The number of rotatable bonds is 13. The Labute approximate surface area is 282 Å². The van der Waals surface area contributed by atoms with Gasteiger partial charge < -0.3 is 39.0 Å². The van der Waals surface area contributed by atoms with Crippen molar-refractivity contribution in [3.05, 3.63) is 99.9 Å². The fraction of sp³-hybridized carbons (Fsp3) is 0.314. The van der Waals surface area contributed by atoms with Gasteiger partial charge in [0.15, 0.2) is 11.5 Å². The molecule has 0 bridgehead atoms. The van der Waals surface area contributed by atoms with E-state index in [-0.39, 0.29) is 59.1 Å². The number of carbonyl (C=O) groups is 3. The molecule has 250 valence electrons. The highest BCUT2D eigenvalue weighted by atomic mass is 35.5. The van der Waals surface area contributed by atoms with Gasteiger partial charge in [-0.15, -0.1) is 0 Å². The fourth-order valence-corrected chi connectivity index (χ4v) is 5.80. The number of β-lactam (4-membered cyclic amide) rings is 1. The fourth-order valence-electron chi connectivity index (χ4n) is 5.51. The van der Waals surface area contributed by atoms with Gasteiger partial charge in [0.05, 0.1) is 36.5 Å². The maximum atomic E-state index is 13.8. The van der Waals surface area contributed by atoms with Crippen LogP contribution in [-0.2, 0) is 18.0 Å². The number of hydrogen-bond donors (Lipinski definition) is 2. The average Bonchev–Trinajstić information content (AvgIpc) is 3.79. The van der Waals surface area contributed by atoms with Crippen LogP contribution in [0.15, 0.2) is 71.3 Å². The van der Waals surface area contributed by atoms with Crippen molar-refractivity contribution < 1.29 is 37.9 Å². The molecule has 0 radical (unpaired) electrons. The Kier molecular flexibility index (Phi) is 10.0. The molecule has 2 atom stereocenters. The molecule has 4 aromatic rings. The van der Waals surface area contributed by atoms with E-state index in [0.29, 0.717) is 43.9 Å². The standard InChI is InChI=1S/C35H35ClN4O8/c1-44-25-7-3-21(4-8-25)19-46-29-12-11-27(32(36)33(29)47-20-22-5-9-26(45-2)10-6-22)35(43)40-14-13-23(18-40)28-16-30(48-39-28)34(42)37-17-24-15-31(41)38-24/h3-12,16,23-24H,13-15,17-20H2,1-2H3,(H,37,42)(H,38,41)/t23-,24-/m1/s1. The van der Waals surface area contributed by atoms with E-state index in [1.54, 1.807) is 37.3 Å². The minimum Gasteiger partial charge on any atom is -0.497 e. The minimum atomic E-state index is -0.413. The Morgan fingerprint density at radius 2 is 1.62 bits per heavy atom. The molecule has 2 fully saturated rings. The summed E-state index contributed by atoms with van der Waals surface area (Å²) in [5, 5.41) is 9.69. The molecule has 3 aromatic carbocycles. The van der Waals surface area contributed by atoms with Crippen LogP contribution in [0.25, 0.3) is 0 Å². The third-order valence-electron chi connectivity index (χ3n) is 8.34. The number of nitrogens with one attached hydrogen (secondary N) is 2. The average molecular weight is 675 g/mol. The Morgan fingerprint density at radius 3 is 2.25 bits per heavy atom. The molecule has 3 heterocycles. The summed E-state index contributed by atoms with van der Waals surface area (Å²) < 4.78 is 28.1. The monoisotopic (exact) mass is 674 g/mol. The van der Waals surface area contributed by atoms with E-state index in [4.69, 9.17) is 35.1 Å². The topological polar surface area (TPSA) is 141 Å². The van der Waals surface area contributed by atoms with Crippen LogP contribution in [0, 0.1) is 0 Å². The highest BCUT2D eigenvalue weighted by Gasteiger charge is 2.33. The van der Waals surface area contributed by atoms with E-state index in [9.17, 15) is 14.4 Å². The number of amides is 3. The number of aromatic nitrogens is 1. The quantitative estimate of drug-likeness (QED) is 0.192. The molecule has 12 nitrogen and oxygen atoms in total. The highest BCUT2D eigenvalue weighted by molar-refractivity contribution is 6.35. The third-order valence-corrected chi connectivity index (χ3v) is 8.71. The predicted octanol–water partition coefficient (Wildman–Crippen LogP) is 4.75. The molecular formula is C35H35ClN4O8. The summed E-state index contributed by atoms with van der Waals surface area (Å²) in [4.78, 5) is 39.1. The SMILES string of the molecule is COc1ccc(COc2ccc(C(=O)N3CC[C@@H](c4cc(C(=O)NC[C@H]5CC(=O)N5)on4)C3)c(Cl)c2OCc2ccc(OC)cc2)cc1. The zero-order chi connectivity index (χ0) is 33.6. The van der Waals surface area contributed by atoms with Crippen LogP contribution < -0.4 is 29.6 Å². The van der Waals surface area contributed by atoms with Gasteiger partial charge in [-0.25, -0.2) is 0 Å². The highest BCUT2D eigenvalue weighted by Crippen LogP contribution is 2.40. The normalized spacial score (nSPS) is 16.9. The molecular weight excluding hydrogens is 640 g/mol. The second kappa shape index (κ2) is 14.7. The van der Waals surface area contributed by atoms with Crippen LogP contribution >= 0.6 is 11.6 Å². The van der Waals surface area contributed by atoms with Gasteiger partial charge in [-0.1, -0.05) is 41.0 Å². The smallest absolute Gasteiger partial charge is 0.289 e. The van der Waals surface area contributed by atoms with Crippen molar-refractivity contribution in [2.45, 2.75) is 38.0 Å². The number of nitrogens with zero attached hydrogens (tertiary/aromatic N) is 2. The number of benzene rings is 3. The Hall–Kier alpha value is -5.23. The first-order chi connectivity index (χ1) is 23.3. The molecule has 0 unspecified atom stereocenters. The zero-order valence-electron chi connectivity index (χ0n) is 26.5. The molecule has 0 saturated carbocycles. The van der Waals surface area contributed by atoms with Gasteiger partial charge in [-0.3, -0.25) is 14.4 Å². The van der Waals surface area contributed by atoms with E-state index >= 15 is 0 Å². The van der Waals surface area contributed by atoms with Crippen LogP contribution in [0.2, 0.25) is 5.02 Å². The lowest BCUT2D eigenvalue weighted by Gasteiger charge is -2.26. The van der Waals surface area contributed by atoms with Crippen LogP contribution in [0.4, 0.5) is 0 Å². The first-order valence-corrected chi connectivity index (χ1v) is 15.9. The van der Waals surface area contributed by atoms with Gasteiger partial charge in [0.25, 0.3) is 11.8 Å². The molecule has 1 aromatic heterocycles. The zero-order valence-corrected chi connectivity index (χ0v) is 27.2. The Balaban J connectivity index is 1.14. The second-order valence-electron chi connectivity index (χ2n) is 11.6. The van der Waals surface area contributed by atoms with Crippen molar-refractivity contribution >= 4 is 29.3 Å². The van der Waals surface area contributed by atoms with E-state index in [2.05, 4.69) is 15.8 Å². The van der Waals surface area contributed by atoms with Crippen molar-refractivity contribution in [3.8, 4) is 23.0 Å². The van der Waals surface area contributed by atoms with Gasteiger partial charge in [-0.05, 0) is 53.9 Å². The van der Waals surface area contributed by atoms with Crippen molar-refractivity contribution in [1.82, 2.24) is 20.7 Å². The molecule has 2 saturated heterocycles. The largest absolute Gasteiger partial charge is 0.497 e. The van der Waals surface area contributed by atoms with Gasteiger partial charge in [0.2, 0.25) is 11.7 Å². The van der Waals surface area contributed by atoms with Crippen LogP contribution in [0.3, 0.4) is 0 Å². The molecule has 3 amide bonds. The molecule has 48 heavy (non-hydrogen) atoms. The Bertz CT molecular complexity index is 1770. The summed E-state index contributed by atoms with van der Waals surface area (Å²) in [6.45, 7) is 1.57. The van der Waals surface area contributed by atoms with Crippen molar-refractivity contribution in [3.63, 3.8) is 0 Å². The van der Waals surface area contributed by atoms with E-state index in [0.717, 1.165) is 22.6 Å². The molecule has 2 aliphatic rings. The lowest BCUT2D eigenvalue weighted by atomic mass is 10.0. The lowest BCUT2D eigenvalue weighted by molar-refractivity contribution is -0.128. The van der Waals surface area contributed by atoms with E-state index < -0.39 is 5.91 Å². The van der Waals surface area contributed by atoms with Gasteiger partial charge in [-0.2, -0.15) is 0 Å². The Morgan fingerprint density at radius 1 is 0.979 bits per heavy atom. The van der Waals surface area contributed by atoms with Crippen LogP contribution in [0.1, 0.15) is 56.5 Å². The maximum absolute atomic E-state index is 13.8. The number of halogens is 1. The van der Waals surface area contributed by atoms with Crippen molar-refractivity contribution in [2.75, 3.05) is 33.9 Å². The van der Waals surface area contributed by atoms with Crippen LogP contribution in [0.5, 0.6) is 23.0 Å². The lowest BCUT2D eigenvalue weighted by Crippen LogP contribution is -2.54. The summed E-state index contributed by atoms with van der Waals surface area (Å²) in [7, 11) is 3.21. The van der Waals surface area contributed by atoms with Gasteiger partial charge in [0.1, 0.15) is 24.7 Å².